The van der Waals surface area contributed by atoms with Crippen molar-refractivity contribution in [3.8, 4) is 0 Å². The fraction of sp³-hybridized carbons (Fsp3) is 0.708. The van der Waals surface area contributed by atoms with Crippen molar-refractivity contribution in [2.24, 2.45) is 28.6 Å². The summed E-state index contributed by atoms with van der Waals surface area (Å²) in [4.78, 5) is 36.5. The van der Waals surface area contributed by atoms with Gasteiger partial charge in [-0.2, -0.15) is 0 Å². The van der Waals surface area contributed by atoms with Crippen LogP contribution in [0.25, 0.3) is 0 Å². The van der Waals surface area contributed by atoms with Crippen LogP contribution in [-0.4, -0.2) is 55.2 Å². The van der Waals surface area contributed by atoms with Gasteiger partial charge in [0.2, 0.25) is 5.78 Å². The summed E-state index contributed by atoms with van der Waals surface area (Å²) in [6.45, 7) is 6.54. The average molecular weight is 574 g/mol. The zero-order chi connectivity index (χ0) is 23.9. The van der Waals surface area contributed by atoms with E-state index in [9.17, 15) is 24.6 Å². The molecule has 4 aliphatic carbocycles. The van der Waals surface area contributed by atoms with Crippen molar-refractivity contribution in [3.63, 3.8) is 0 Å². The number of carbonyl (C=O) groups is 3. The number of aliphatic hydroxyl groups excluding tert-OH is 1. The molecule has 0 amide bonds. The van der Waals surface area contributed by atoms with Crippen LogP contribution in [0.15, 0.2) is 23.8 Å². The number of Topliss-reactive ketones (excluding diaryl/α,β-unsaturated/α-hetero) is 1. The van der Waals surface area contributed by atoms with Gasteiger partial charge >= 0.3 is 5.97 Å². The molecular formula is C24H30Br2O6. The Kier molecular flexibility index (Phi) is 5.76. The Morgan fingerprint density at radius 2 is 1.97 bits per heavy atom. The molecule has 0 radical (unpaired) electrons. The minimum Gasteiger partial charge on any atom is -0.458 e. The molecule has 0 spiro atoms. The smallest absolute Gasteiger partial charge is 0.303 e. The number of ketones is 2. The second kappa shape index (κ2) is 7.59. The summed E-state index contributed by atoms with van der Waals surface area (Å²) in [5.41, 5.74) is -2.23. The third-order valence-corrected chi connectivity index (χ3v) is 11.8. The highest BCUT2D eigenvalue weighted by molar-refractivity contribution is 9.10. The van der Waals surface area contributed by atoms with Gasteiger partial charge in [-0.15, -0.1) is 0 Å². The Hall–Kier alpha value is -0.830. The maximum Gasteiger partial charge on any atom is 0.303 e. The molecule has 4 rings (SSSR count). The van der Waals surface area contributed by atoms with Crippen LogP contribution in [0.2, 0.25) is 0 Å². The number of alkyl halides is 2. The predicted molar refractivity (Wildman–Crippen MR) is 125 cm³/mol. The van der Waals surface area contributed by atoms with E-state index >= 15 is 0 Å². The number of fused-ring (bicyclic) bond motifs is 5. The van der Waals surface area contributed by atoms with Crippen molar-refractivity contribution in [3.05, 3.63) is 23.8 Å². The highest BCUT2D eigenvalue weighted by Gasteiger charge is 2.75. The molecule has 3 fully saturated rings. The lowest BCUT2D eigenvalue weighted by Gasteiger charge is -2.65. The van der Waals surface area contributed by atoms with Gasteiger partial charge in [-0.1, -0.05) is 64.3 Å². The molecule has 0 bridgehead atoms. The second-order valence-electron chi connectivity index (χ2n) is 10.5. The first-order valence-corrected chi connectivity index (χ1v) is 12.8. The third-order valence-electron chi connectivity index (χ3n) is 9.03. The maximum atomic E-state index is 13.2. The van der Waals surface area contributed by atoms with Crippen LogP contribution in [0.5, 0.6) is 0 Å². The number of carbonyl (C=O) groups excluding carboxylic acids is 3. The number of hydrogen-bond donors (Lipinski definition) is 2. The quantitative estimate of drug-likeness (QED) is 0.397. The lowest BCUT2D eigenvalue weighted by atomic mass is 9.46. The minimum absolute atomic E-state index is 0.0539. The number of aliphatic hydroxyl groups is 2. The highest BCUT2D eigenvalue weighted by atomic mass is 79.9. The van der Waals surface area contributed by atoms with Crippen molar-refractivity contribution < 1.29 is 29.3 Å². The molecular weight excluding hydrogens is 544 g/mol. The van der Waals surface area contributed by atoms with Crippen LogP contribution < -0.4 is 0 Å². The minimum atomic E-state index is -1.72. The number of rotatable bonds is 3. The summed E-state index contributed by atoms with van der Waals surface area (Å²) in [7, 11) is 0. The first-order valence-electron chi connectivity index (χ1n) is 11.1. The Morgan fingerprint density at radius 3 is 2.59 bits per heavy atom. The molecule has 0 aromatic carbocycles. The molecule has 0 aromatic heterocycles. The first kappa shape index (κ1) is 24.3. The standard InChI is InChI=1S/C24H30Br2O6/c1-12-7-16-20-17(25)9-14-8-15(28)5-6-21(14,3)23(20,26)18(29)10-22(16,4)24(12,31)19(30)11-32-13(2)27/h5-6,8,12,16-18,20,29,31H,7,9-11H2,1-4H3/t12-,16+,17-,18+,20-,21+,22+,23-,24+/m1/s1. The van der Waals surface area contributed by atoms with Gasteiger partial charge in [0, 0.05) is 22.6 Å². The van der Waals surface area contributed by atoms with E-state index in [1.165, 1.54) is 6.92 Å². The van der Waals surface area contributed by atoms with E-state index in [0.717, 1.165) is 5.57 Å². The summed E-state index contributed by atoms with van der Waals surface area (Å²) in [6.07, 6.45) is 5.68. The summed E-state index contributed by atoms with van der Waals surface area (Å²) in [5.74, 6) is -1.71. The van der Waals surface area contributed by atoms with Crippen LogP contribution in [0.4, 0.5) is 0 Å². The van der Waals surface area contributed by atoms with E-state index in [4.69, 9.17) is 4.74 Å². The molecule has 0 unspecified atom stereocenters. The number of allylic oxidation sites excluding steroid dienone is 4. The third kappa shape index (κ3) is 2.91. The summed E-state index contributed by atoms with van der Waals surface area (Å²) >= 11 is 7.83. The summed E-state index contributed by atoms with van der Waals surface area (Å²) in [6, 6.07) is 0. The van der Waals surface area contributed by atoms with Gasteiger partial charge in [-0.05, 0) is 49.2 Å². The summed E-state index contributed by atoms with van der Waals surface area (Å²) in [5, 5.41) is 23.5. The van der Waals surface area contributed by atoms with E-state index in [0.29, 0.717) is 12.8 Å². The molecule has 0 aliphatic heterocycles. The van der Waals surface area contributed by atoms with Crippen LogP contribution in [-0.2, 0) is 19.1 Å². The molecule has 176 valence electrons. The van der Waals surface area contributed by atoms with E-state index in [1.807, 2.05) is 26.8 Å². The Balaban J connectivity index is 1.80. The predicted octanol–water partition coefficient (Wildman–Crippen LogP) is 3.27. The monoisotopic (exact) mass is 572 g/mol. The van der Waals surface area contributed by atoms with Crippen LogP contribution >= 0.6 is 31.9 Å². The van der Waals surface area contributed by atoms with Crippen LogP contribution in [0.3, 0.4) is 0 Å². The van der Waals surface area contributed by atoms with E-state index in [2.05, 4.69) is 31.9 Å². The average Bonchev–Trinajstić information content (AvgIpc) is 2.89. The van der Waals surface area contributed by atoms with E-state index in [1.54, 1.807) is 12.2 Å². The SMILES string of the molecule is CC(=O)OCC(=O)[C@@]1(O)[C@H](C)C[C@H]2[C@@H]3[C@H](Br)CC4=CC(=O)C=C[C@]4(C)[C@@]3(Br)[C@@H](O)C[C@@]21C. The van der Waals surface area contributed by atoms with Crippen LogP contribution in [0, 0.1) is 28.6 Å². The maximum absolute atomic E-state index is 13.2. The molecule has 4 aliphatic rings. The number of halogens is 2. The first-order chi connectivity index (χ1) is 14.7. The van der Waals surface area contributed by atoms with Gasteiger partial charge in [0.15, 0.2) is 12.4 Å². The van der Waals surface area contributed by atoms with Crippen molar-refractivity contribution in [1.82, 2.24) is 0 Å². The van der Waals surface area contributed by atoms with Gasteiger partial charge in [0.05, 0.1) is 10.4 Å². The van der Waals surface area contributed by atoms with Gasteiger partial charge in [0.25, 0.3) is 0 Å². The number of ether oxygens (including phenoxy) is 1. The Bertz CT molecular complexity index is 945. The topological polar surface area (TPSA) is 101 Å². The molecule has 0 heterocycles. The van der Waals surface area contributed by atoms with Gasteiger partial charge in [-0.3, -0.25) is 14.4 Å². The zero-order valence-electron chi connectivity index (χ0n) is 18.7. The Labute approximate surface area is 205 Å². The van der Waals surface area contributed by atoms with Crippen molar-refractivity contribution in [2.75, 3.05) is 6.61 Å². The normalized spacial score (nSPS) is 49.6. The molecule has 8 heteroatoms. The fourth-order valence-electron chi connectivity index (χ4n) is 7.36. The number of esters is 1. The van der Waals surface area contributed by atoms with E-state index < -0.39 is 45.2 Å². The van der Waals surface area contributed by atoms with Gasteiger partial charge in [0.1, 0.15) is 5.60 Å². The molecule has 32 heavy (non-hydrogen) atoms. The van der Waals surface area contributed by atoms with E-state index in [-0.39, 0.29) is 34.8 Å². The molecule has 2 N–H and O–H groups in total. The lowest BCUT2D eigenvalue weighted by molar-refractivity contribution is -0.180. The van der Waals surface area contributed by atoms with Crippen molar-refractivity contribution >= 4 is 49.4 Å². The van der Waals surface area contributed by atoms with Gasteiger partial charge < -0.3 is 14.9 Å². The van der Waals surface area contributed by atoms with Crippen LogP contribution in [0.1, 0.15) is 47.0 Å². The molecule has 6 nitrogen and oxygen atoms in total. The van der Waals surface area contributed by atoms with Crippen molar-refractivity contribution in [2.45, 2.75) is 67.8 Å². The fourth-order valence-corrected chi connectivity index (χ4v) is 10.0. The molecule has 0 saturated heterocycles. The highest BCUT2D eigenvalue weighted by Crippen LogP contribution is 2.72. The Morgan fingerprint density at radius 1 is 1.31 bits per heavy atom. The lowest BCUT2D eigenvalue weighted by Crippen LogP contribution is -2.70. The molecule has 9 atom stereocenters. The molecule has 0 aromatic rings. The number of hydrogen-bond acceptors (Lipinski definition) is 6. The van der Waals surface area contributed by atoms with Crippen molar-refractivity contribution in [1.29, 1.82) is 0 Å². The largest absolute Gasteiger partial charge is 0.458 e. The summed E-state index contributed by atoms with van der Waals surface area (Å²) < 4.78 is 4.17. The molecule has 3 saturated carbocycles. The second-order valence-corrected chi connectivity index (χ2v) is 13.0. The zero-order valence-corrected chi connectivity index (χ0v) is 21.9. The van der Waals surface area contributed by atoms with Gasteiger partial charge in [-0.25, -0.2) is 0 Å².